The Balaban J connectivity index is 1.72. The van der Waals surface area contributed by atoms with Gasteiger partial charge in [0, 0.05) is 62.2 Å². The highest BCUT2D eigenvalue weighted by Crippen LogP contribution is 2.34. The van der Waals surface area contributed by atoms with Crippen LogP contribution in [0.2, 0.25) is 0 Å². The van der Waals surface area contributed by atoms with Gasteiger partial charge in [-0.1, -0.05) is 6.07 Å². The van der Waals surface area contributed by atoms with E-state index in [4.69, 9.17) is 9.47 Å². The summed E-state index contributed by atoms with van der Waals surface area (Å²) in [6.45, 7) is 3.90. The lowest BCUT2D eigenvalue weighted by atomic mass is 9.92. The second-order valence-corrected chi connectivity index (χ2v) is 8.71. The number of pyridine rings is 2. The lowest BCUT2D eigenvalue weighted by Crippen LogP contribution is -2.31. The van der Waals surface area contributed by atoms with Crippen molar-refractivity contribution >= 4 is 21.9 Å². The monoisotopic (exact) mass is 450 g/mol. The van der Waals surface area contributed by atoms with E-state index in [1.807, 2.05) is 16.7 Å². The summed E-state index contributed by atoms with van der Waals surface area (Å²) < 4.78 is 29.2. The molecule has 0 amide bonds. The van der Waals surface area contributed by atoms with Gasteiger partial charge in [0.05, 0.1) is 35.0 Å². The molecule has 1 saturated heterocycles. The summed E-state index contributed by atoms with van der Waals surface area (Å²) in [7, 11) is 3.37. The Labute approximate surface area is 190 Å². The van der Waals surface area contributed by atoms with E-state index in [9.17, 15) is 4.79 Å². The van der Waals surface area contributed by atoms with Gasteiger partial charge in [-0.25, -0.2) is 9.18 Å². The van der Waals surface area contributed by atoms with E-state index in [0.717, 1.165) is 35.0 Å². The second-order valence-electron chi connectivity index (χ2n) is 8.71. The maximum atomic E-state index is 15.1. The van der Waals surface area contributed by atoms with Crippen LogP contribution in [0.1, 0.15) is 31.5 Å². The molecule has 5 rings (SSSR count). The highest BCUT2D eigenvalue weighted by molar-refractivity contribution is 6.04. The number of methoxy groups -OCH3 is 1. The molecule has 1 atom stereocenters. The first-order chi connectivity index (χ1) is 16.0. The van der Waals surface area contributed by atoms with Crippen LogP contribution < -0.4 is 5.69 Å². The third kappa shape index (κ3) is 3.73. The molecular formula is C25H27FN4O3. The number of aryl methyl sites for hydroxylation is 1. The van der Waals surface area contributed by atoms with E-state index in [1.165, 1.54) is 6.07 Å². The van der Waals surface area contributed by atoms with E-state index in [1.54, 1.807) is 37.2 Å². The maximum Gasteiger partial charge on any atom is 0.329 e. The van der Waals surface area contributed by atoms with Crippen LogP contribution in [0.25, 0.3) is 33.1 Å². The van der Waals surface area contributed by atoms with Crippen molar-refractivity contribution in [3.05, 3.63) is 58.7 Å². The van der Waals surface area contributed by atoms with Gasteiger partial charge in [0.2, 0.25) is 0 Å². The molecule has 8 heteroatoms. The average molecular weight is 451 g/mol. The molecule has 3 aromatic heterocycles. The van der Waals surface area contributed by atoms with Gasteiger partial charge in [0.25, 0.3) is 0 Å². The van der Waals surface area contributed by atoms with Gasteiger partial charge in [0.1, 0.15) is 5.82 Å². The van der Waals surface area contributed by atoms with Crippen molar-refractivity contribution in [2.45, 2.75) is 32.4 Å². The summed E-state index contributed by atoms with van der Waals surface area (Å²) in [5.74, 6) is -0.0411. The molecule has 0 radical (unpaired) electrons. The molecule has 33 heavy (non-hydrogen) atoms. The van der Waals surface area contributed by atoms with Crippen LogP contribution in [-0.2, 0) is 23.1 Å². The SMILES string of the molecule is COCc1ccc(-c2cc3c(cc2F)ncc2c3n([C@@H](C)C3CCOCC3)c(=O)n2C)cn1. The number of aromatic nitrogens is 4. The number of rotatable bonds is 5. The van der Waals surface area contributed by atoms with Gasteiger partial charge in [0.15, 0.2) is 0 Å². The van der Waals surface area contributed by atoms with Gasteiger partial charge in [-0.2, -0.15) is 0 Å². The highest BCUT2D eigenvalue weighted by atomic mass is 19.1. The second kappa shape index (κ2) is 8.68. The average Bonchev–Trinajstić information content (AvgIpc) is 3.10. The lowest BCUT2D eigenvalue weighted by Gasteiger charge is -2.28. The highest BCUT2D eigenvalue weighted by Gasteiger charge is 2.27. The molecule has 172 valence electrons. The number of imidazole rings is 1. The standard InChI is InChI=1S/C25H27FN4O3/c1-15(16-6-8-33-9-7-16)30-24-20-10-19(17-4-5-18(14-32-3)27-12-17)21(26)11-22(20)28-13-23(24)29(2)25(30)31/h4-5,10-13,15-16H,6-9,14H2,1-3H3/t15-/m0/s1. The first kappa shape index (κ1) is 21.7. The zero-order valence-corrected chi connectivity index (χ0v) is 19.0. The molecule has 0 aliphatic carbocycles. The van der Waals surface area contributed by atoms with Crippen LogP contribution in [0.4, 0.5) is 4.39 Å². The third-order valence-corrected chi connectivity index (χ3v) is 6.79. The molecule has 4 aromatic rings. The number of benzene rings is 1. The molecule has 1 fully saturated rings. The molecule has 4 heterocycles. The van der Waals surface area contributed by atoms with Crippen LogP contribution in [0.3, 0.4) is 0 Å². The molecule has 0 unspecified atom stereocenters. The Morgan fingerprint density at radius 3 is 2.70 bits per heavy atom. The van der Waals surface area contributed by atoms with Crippen molar-refractivity contribution in [1.29, 1.82) is 0 Å². The first-order valence-electron chi connectivity index (χ1n) is 11.2. The van der Waals surface area contributed by atoms with Crippen molar-refractivity contribution in [3.63, 3.8) is 0 Å². The largest absolute Gasteiger partial charge is 0.381 e. The van der Waals surface area contributed by atoms with Crippen molar-refractivity contribution in [1.82, 2.24) is 19.1 Å². The van der Waals surface area contributed by atoms with Crippen LogP contribution in [0.15, 0.2) is 41.5 Å². The fourth-order valence-electron chi connectivity index (χ4n) is 4.87. The molecule has 0 spiro atoms. The summed E-state index contributed by atoms with van der Waals surface area (Å²) in [4.78, 5) is 22.1. The van der Waals surface area contributed by atoms with Gasteiger partial charge in [-0.15, -0.1) is 0 Å². The predicted molar refractivity (Wildman–Crippen MR) is 125 cm³/mol. The Kier molecular flexibility index (Phi) is 5.72. The van der Waals surface area contributed by atoms with Crippen molar-refractivity contribution in [2.24, 2.45) is 13.0 Å². The van der Waals surface area contributed by atoms with Crippen LogP contribution in [0.5, 0.6) is 0 Å². The summed E-state index contributed by atoms with van der Waals surface area (Å²) in [5.41, 5.74) is 3.81. The van der Waals surface area contributed by atoms with Gasteiger partial charge in [-0.05, 0) is 37.8 Å². The topological polar surface area (TPSA) is 71.2 Å². The fraction of sp³-hybridized carbons (Fsp3) is 0.400. The first-order valence-corrected chi connectivity index (χ1v) is 11.2. The molecule has 0 N–H and O–H groups in total. The van der Waals surface area contributed by atoms with Gasteiger partial charge in [-0.3, -0.25) is 19.1 Å². The summed E-state index contributed by atoms with van der Waals surface area (Å²) in [6, 6.07) is 6.88. The predicted octanol–water partition coefficient (Wildman–Crippen LogP) is 4.22. The number of nitrogens with zero attached hydrogens (tertiary/aromatic N) is 4. The van der Waals surface area contributed by atoms with E-state index >= 15 is 4.39 Å². The normalized spacial score (nSPS) is 16.0. The quantitative estimate of drug-likeness (QED) is 0.455. The Bertz CT molecular complexity index is 1370. The number of halogens is 1. The zero-order chi connectivity index (χ0) is 23.1. The molecule has 1 aliphatic heterocycles. The smallest absolute Gasteiger partial charge is 0.329 e. The molecule has 1 aliphatic rings. The number of ether oxygens (including phenoxy) is 2. The van der Waals surface area contributed by atoms with Gasteiger partial charge >= 0.3 is 5.69 Å². The summed E-state index contributed by atoms with van der Waals surface area (Å²) in [6.07, 6.45) is 5.13. The summed E-state index contributed by atoms with van der Waals surface area (Å²) >= 11 is 0. The number of hydrogen-bond acceptors (Lipinski definition) is 5. The molecule has 7 nitrogen and oxygen atoms in total. The van der Waals surface area contributed by atoms with Crippen molar-refractivity contribution < 1.29 is 13.9 Å². The lowest BCUT2D eigenvalue weighted by molar-refractivity contribution is 0.0514. The van der Waals surface area contributed by atoms with E-state index < -0.39 is 0 Å². The van der Waals surface area contributed by atoms with E-state index in [2.05, 4.69) is 16.9 Å². The van der Waals surface area contributed by atoms with E-state index in [-0.39, 0.29) is 17.5 Å². The van der Waals surface area contributed by atoms with Crippen LogP contribution in [-0.4, -0.2) is 39.4 Å². The third-order valence-electron chi connectivity index (χ3n) is 6.79. The Morgan fingerprint density at radius 2 is 2.00 bits per heavy atom. The Morgan fingerprint density at radius 1 is 1.21 bits per heavy atom. The minimum Gasteiger partial charge on any atom is -0.381 e. The van der Waals surface area contributed by atoms with Crippen LogP contribution in [0, 0.1) is 11.7 Å². The van der Waals surface area contributed by atoms with E-state index in [0.29, 0.717) is 42.4 Å². The number of hydrogen-bond donors (Lipinski definition) is 0. The van der Waals surface area contributed by atoms with Gasteiger partial charge < -0.3 is 9.47 Å². The van der Waals surface area contributed by atoms with Crippen LogP contribution >= 0.6 is 0 Å². The molecule has 1 aromatic carbocycles. The zero-order valence-electron chi connectivity index (χ0n) is 19.0. The Hall–Kier alpha value is -3.10. The summed E-state index contributed by atoms with van der Waals surface area (Å²) in [5, 5.41) is 0.751. The fourth-order valence-corrected chi connectivity index (χ4v) is 4.87. The van der Waals surface area contributed by atoms with Crippen molar-refractivity contribution in [2.75, 3.05) is 20.3 Å². The molecular weight excluding hydrogens is 423 g/mol. The maximum absolute atomic E-state index is 15.1. The molecule has 0 saturated carbocycles. The van der Waals surface area contributed by atoms with Crippen molar-refractivity contribution in [3.8, 4) is 11.1 Å². The minimum atomic E-state index is -0.377. The minimum absolute atomic E-state index is 0.0146. The number of fused-ring (bicyclic) bond motifs is 3. The molecule has 0 bridgehead atoms.